The van der Waals surface area contributed by atoms with Gasteiger partial charge in [-0.05, 0) is 70.7 Å². The highest BCUT2D eigenvalue weighted by Gasteiger charge is 2.41. The molecule has 136 valence electrons. The molecule has 0 bridgehead atoms. The van der Waals surface area contributed by atoms with Gasteiger partial charge in [0, 0.05) is 5.69 Å². The first kappa shape index (κ1) is 19.0. The third-order valence-corrected chi connectivity index (χ3v) is 4.65. The van der Waals surface area contributed by atoms with E-state index in [1.807, 2.05) is 23.7 Å². The lowest BCUT2D eigenvalue weighted by Crippen LogP contribution is -2.29. The molecule has 0 radical (unpaired) electrons. The summed E-state index contributed by atoms with van der Waals surface area (Å²) >= 11 is 0. The lowest BCUT2D eigenvalue weighted by atomic mass is 9.85. The van der Waals surface area contributed by atoms with Gasteiger partial charge in [-0.15, -0.1) is 0 Å². The minimum atomic E-state index is -4.05. The van der Waals surface area contributed by atoms with Crippen molar-refractivity contribution >= 4 is 6.08 Å². The number of hydrogen-bond acceptors (Lipinski definition) is 2. The van der Waals surface area contributed by atoms with Gasteiger partial charge in [0.15, 0.2) is 0 Å². The molecule has 0 aromatic carbocycles. The van der Waals surface area contributed by atoms with Crippen LogP contribution in [0.1, 0.15) is 62.9 Å². The van der Waals surface area contributed by atoms with Crippen LogP contribution in [0.15, 0.2) is 12.1 Å². The molecule has 1 aromatic heterocycles. The molecule has 1 heterocycles. The molecule has 1 aliphatic carbocycles. The van der Waals surface area contributed by atoms with E-state index in [1.54, 1.807) is 0 Å². The van der Waals surface area contributed by atoms with Crippen LogP contribution < -0.4 is 5.32 Å². The maximum atomic E-state index is 12.8. The summed E-state index contributed by atoms with van der Waals surface area (Å²) in [5.41, 5.74) is 1.91. The highest BCUT2D eigenvalue weighted by Crippen LogP contribution is 2.41. The normalized spacial score (nSPS) is 22.4. The highest BCUT2D eigenvalue weighted by molar-refractivity contribution is 5.44. The molecule has 1 aromatic rings. The molecule has 1 fully saturated rings. The SMILES string of the molecule is CCCNCC/C=C/c1cc(C)n(C2CCC(C(F)(F)F)CC2)n1. The van der Waals surface area contributed by atoms with Crippen LogP contribution in [0.25, 0.3) is 6.08 Å². The number of nitrogens with zero attached hydrogens (tertiary/aromatic N) is 2. The second-order valence-electron chi connectivity index (χ2n) is 6.64. The van der Waals surface area contributed by atoms with Crippen molar-refractivity contribution in [1.82, 2.24) is 15.1 Å². The van der Waals surface area contributed by atoms with Gasteiger partial charge in [0.25, 0.3) is 0 Å². The number of hydrogen-bond donors (Lipinski definition) is 1. The lowest BCUT2D eigenvalue weighted by Gasteiger charge is -2.30. The third-order valence-electron chi connectivity index (χ3n) is 4.65. The van der Waals surface area contributed by atoms with Crippen molar-refractivity contribution in [2.24, 2.45) is 5.92 Å². The minimum absolute atomic E-state index is 0.0944. The van der Waals surface area contributed by atoms with Crippen molar-refractivity contribution in [3.8, 4) is 0 Å². The molecule has 3 nitrogen and oxygen atoms in total. The Morgan fingerprint density at radius 3 is 2.58 bits per heavy atom. The van der Waals surface area contributed by atoms with Crippen LogP contribution in [0.4, 0.5) is 13.2 Å². The van der Waals surface area contributed by atoms with Gasteiger partial charge < -0.3 is 5.32 Å². The molecule has 24 heavy (non-hydrogen) atoms. The summed E-state index contributed by atoms with van der Waals surface area (Å²) in [4.78, 5) is 0. The zero-order valence-electron chi connectivity index (χ0n) is 14.6. The summed E-state index contributed by atoms with van der Waals surface area (Å²) in [5, 5.41) is 7.92. The number of nitrogens with one attached hydrogen (secondary N) is 1. The van der Waals surface area contributed by atoms with Crippen LogP contribution in [0.2, 0.25) is 0 Å². The van der Waals surface area contributed by atoms with Gasteiger partial charge in [0.1, 0.15) is 0 Å². The second kappa shape index (κ2) is 8.70. The fraction of sp³-hybridized carbons (Fsp3) is 0.722. The van der Waals surface area contributed by atoms with Crippen molar-refractivity contribution in [2.75, 3.05) is 13.1 Å². The van der Waals surface area contributed by atoms with Gasteiger partial charge in [-0.1, -0.05) is 13.0 Å². The zero-order chi connectivity index (χ0) is 17.6. The predicted octanol–water partition coefficient (Wildman–Crippen LogP) is 4.89. The van der Waals surface area contributed by atoms with E-state index in [9.17, 15) is 13.2 Å². The van der Waals surface area contributed by atoms with Crippen molar-refractivity contribution in [3.05, 3.63) is 23.5 Å². The Morgan fingerprint density at radius 1 is 1.25 bits per heavy atom. The highest BCUT2D eigenvalue weighted by atomic mass is 19.4. The Morgan fingerprint density at radius 2 is 1.96 bits per heavy atom. The van der Waals surface area contributed by atoms with Crippen LogP contribution in [0.3, 0.4) is 0 Å². The Labute approximate surface area is 142 Å². The molecular formula is C18H28F3N3. The van der Waals surface area contributed by atoms with Crippen LogP contribution >= 0.6 is 0 Å². The minimum Gasteiger partial charge on any atom is -0.316 e. The fourth-order valence-electron chi connectivity index (χ4n) is 3.30. The van der Waals surface area contributed by atoms with Crippen LogP contribution in [0, 0.1) is 12.8 Å². The molecule has 0 aliphatic heterocycles. The molecule has 0 spiro atoms. The first-order chi connectivity index (χ1) is 11.4. The largest absolute Gasteiger partial charge is 0.391 e. The number of aryl methyl sites for hydroxylation is 1. The Balaban J connectivity index is 1.87. The van der Waals surface area contributed by atoms with E-state index in [1.165, 1.54) is 0 Å². The van der Waals surface area contributed by atoms with E-state index in [2.05, 4.69) is 23.4 Å². The van der Waals surface area contributed by atoms with Crippen molar-refractivity contribution < 1.29 is 13.2 Å². The predicted molar refractivity (Wildman–Crippen MR) is 90.8 cm³/mol. The van der Waals surface area contributed by atoms with Gasteiger partial charge in [0.2, 0.25) is 0 Å². The van der Waals surface area contributed by atoms with E-state index in [0.717, 1.165) is 37.3 Å². The number of aromatic nitrogens is 2. The maximum absolute atomic E-state index is 12.8. The average molecular weight is 343 g/mol. The molecule has 6 heteroatoms. The second-order valence-corrected chi connectivity index (χ2v) is 6.64. The molecular weight excluding hydrogens is 315 g/mol. The summed E-state index contributed by atoms with van der Waals surface area (Å²) < 4.78 is 40.2. The Kier molecular flexibility index (Phi) is 6.90. The lowest BCUT2D eigenvalue weighted by molar-refractivity contribution is -0.183. The smallest absolute Gasteiger partial charge is 0.316 e. The van der Waals surface area contributed by atoms with Gasteiger partial charge >= 0.3 is 6.18 Å². The molecule has 1 saturated carbocycles. The quantitative estimate of drug-likeness (QED) is 0.715. The molecule has 0 atom stereocenters. The van der Waals surface area contributed by atoms with Crippen LogP contribution in [0.5, 0.6) is 0 Å². The third kappa shape index (κ3) is 5.36. The van der Waals surface area contributed by atoms with Crippen molar-refractivity contribution in [1.29, 1.82) is 0 Å². The van der Waals surface area contributed by atoms with E-state index in [-0.39, 0.29) is 18.9 Å². The average Bonchev–Trinajstić information content (AvgIpc) is 2.91. The summed E-state index contributed by atoms with van der Waals surface area (Å²) in [6.45, 7) is 6.09. The molecule has 0 unspecified atom stereocenters. The molecule has 1 aliphatic rings. The molecule has 0 amide bonds. The Hall–Kier alpha value is -1.30. The Bertz CT molecular complexity index is 526. The van der Waals surface area contributed by atoms with E-state index >= 15 is 0 Å². The summed E-state index contributed by atoms with van der Waals surface area (Å²) in [6.07, 6.45) is 3.64. The van der Waals surface area contributed by atoms with Gasteiger partial charge in [0.05, 0.1) is 17.7 Å². The molecule has 2 rings (SSSR count). The summed E-state index contributed by atoms with van der Waals surface area (Å²) in [5.74, 6) is -1.14. The zero-order valence-corrected chi connectivity index (χ0v) is 14.6. The van der Waals surface area contributed by atoms with Gasteiger partial charge in [-0.25, -0.2) is 0 Å². The maximum Gasteiger partial charge on any atom is 0.391 e. The van der Waals surface area contributed by atoms with Crippen LogP contribution in [-0.2, 0) is 0 Å². The number of alkyl halides is 3. The van der Waals surface area contributed by atoms with E-state index in [4.69, 9.17) is 0 Å². The molecule has 0 saturated heterocycles. The topological polar surface area (TPSA) is 29.9 Å². The standard InChI is InChI=1S/C18H28F3N3/c1-3-11-22-12-5-4-6-16-13-14(2)24(23-16)17-9-7-15(8-10-17)18(19,20)21/h4,6,13,15,17,22H,3,5,7-12H2,1-2H3/b6-4+. The first-order valence-electron chi connectivity index (χ1n) is 8.92. The van der Waals surface area contributed by atoms with Gasteiger partial charge in [-0.2, -0.15) is 18.3 Å². The van der Waals surface area contributed by atoms with Crippen molar-refractivity contribution in [2.45, 2.75) is 64.6 Å². The number of rotatable bonds is 7. The van der Waals surface area contributed by atoms with E-state index < -0.39 is 12.1 Å². The summed E-state index contributed by atoms with van der Waals surface area (Å²) in [7, 11) is 0. The number of halogens is 3. The molecule has 1 N–H and O–H groups in total. The summed E-state index contributed by atoms with van der Waals surface area (Å²) in [6, 6.07) is 2.10. The fourth-order valence-corrected chi connectivity index (χ4v) is 3.30. The van der Waals surface area contributed by atoms with Crippen molar-refractivity contribution in [3.63, 3.8) is 0 Å². The van der Waals surface area contributed by atoms with E-state index in [0.29, 0.717) is 12.8 Å². The van der Waals surface area contributed by atoms with Crippen LogP contribution in [-0.4, -0.2) is 29.0 Å². The first-order valence-corrected chi connectivity index (χ1v) is 8.92. The monoisotopic (exact) mass is 343 g/mol. The van der Waals surface area contributed by atoms with Gasteiger partial charge in [-0.3, -0.25) is 4.68 Å².